The van der Waals surface area contributed by atoms with Crippen molar-refractivity contribution < 1.29 is 23.9 Å². The molecule has 2 fully saturated rings. The molecule has 2 aliphatic rings. The molecule has 1 aliphatic carbocycles. The van der Waals surface area contributed by atoms with Gasteiger partial charge in [-0.05, 0) is 46.5 Å². The zero-order valence-electron chi connectivity index (χ0n) is 18.8. The summed E-state index contributed by atoms with van der Waals surface area (Å²) in [4.78, 5) is 38.8. The summed E-state index contributed by atoms with van der Waals surface area (Å²) >= 11 is 9.53. The Morgan fingerprint density at radius 2 is 1.80 bits per heavy atom. The van der Waals surface area contributed by atoms with Crippen molar-refractivity contribution in [3.05, 3.63) is 0 Å². The Morgan fingerprint density at radius 3 is 2.27 bits per heavy atom. The second kappa shape index (κ2) is 12.0. The number of halogens is 2. The van der Waals surface area contributed by atoms with Crippen LogP contribution in [0.3, 0.4) is 0 Å². The molecule has 0 aromatic carbocycles. The van der Waals surface area contributed by atoms with Crippen molar-refractivity contribution in [1.82, 2.24) is 10.2 Å². The molecular formula is C21H36Cl2N2O5. The van der Waals surface area contributed by atoms with Gasteiger partial charge in [-0.3, -0.25) is 9.59 Å². The molecule has 9 heteroatoms. The van der Waals surface area contributed by atoms with Gasteiger partial charge in [0.2, 0.25) is 5.91 Å². The molecule has 1 spiro atoms. The molecular weight excluding hydrogens is 431 g/mol. The van der Waals surface area contributed by atoms with Gasteiger partial charge < -0.3 is 19.7 Å². The first-order valence-electron chi connectivity index (χ1n) is 10.5. The Kier molecular flexibility index (Phi) is 10.7. The Bertz CT molecular complexity index is 596. The van der Waals surface area contributed by atoms with E-state index in [0.717, 1.165) is 25.7 Å². The molecule has 1 saturated heterocycles. The minimum absolute atomic E-state index is 0.0393. The molecule has 0 aromatic rings. The van der Waals surface area contributed by atoms with Crippen molar-refractivity contribution in [3.63, 3.8) is 0 Å². The summed E-state index contributed by atoms with van der Waals surface area (Å²) in [5.41, 5.74) is -0.996. The Hall–Kier alpha value is -1.21. The van der Waals surface area contributed by atoms with Crippen LogP contribution in [0.1, 0.15) is 72.6 Å². The molecule has 30 heavy (non-hydrogen) atoms. The summed E-state index contributed by atoms with van der Waals surface area (Å²) in [6.45, 7) is 8.21. The first kappa shape index (κ1) is 26.8. The van der Waals surface area contributed by atoms with Crippen LogP contribution in [0.5, 0.6) is 0 Å². The summed E-state index contributed by atoms with van der Waals surface area (Å²) in [6, 6.07) is -0.309. The topological polar surface area (TPSA) is 84.9 Å². The van der Waals surface area contributed by atoms with Gasteiger partial charge in [-0.2, -0.15) is 0 Å². The second-order valence-corrected chi connectivity index (χ2v) is 9.68. The van der Waals surface area contributed by atoms with Crippen LogP contribution in [0.25, 0.3) is 0 Å². The number of amides is 2. The summed E-state index contributed by atoms with van der Waals surface area (Å²) in [5.74, 6) is -0.806. The second-order valence-electron chi connectivity index (χ2n) is 8.88. The molecule has 0 aromatic heterocycles. The van der Waals surface area contributed by atoms with Crippen LogP contribution in [0.15, 0.2) is 0 Å². The van der Waals surface area contributed by atoms with Crippen LogP contribution in [-0.4, -0.2) is 59.0 Å². The number of carbonyl (C=O) groups excluding carboxylic acids is 3. The first-order valence-corrected chi connectivity index (χ1v) is 11.6. The Balaban J connectivity index is 0.00000141. The molecule has 1 saturated carbocycles. The predicted molar refractivity (Wildman–Crippen MR) is 118 cm³/mol. The van der Waals surface area contributed by atoms with Crippen LogP contribution in [0, 0.1) is 5.92 Å². The molecule has 0 radical (unpaired) electrons. The zero-order valence-corrected chi connectivity index (χ0v) is 20.3. The predicted octanol–water partition coefficient (Wildman–Crippen LogP) is 4.44. The average Bonchev–Trinajstić information content (AvgIpc) is 3.01. The lowest BCUT2D eigenvalue weighted by Gasteiger charge is -2.50. The van der Waals surface area contributed by atoms with Crippen LogP contribution < -0.4 is 5.32 Å². The Morgan fingerprint density at radius 1 is 1.17 bits per heavy atom. The number of esters is 1. The number of hydrogen-bond donors (Lipinski definition) is 1. The van der Waals surface area contributed by atoms with E-state index in [1.165, 1.54) is 7.11 Å². The van der Waals surface area contributed by atoms with Crippen molar-refractivity contribution in [2.24, 2.45) is 5.92 Å². The van der Waals surface area contributed by atoms with Gasteiger partial charge in [0, 0.05) is 19.0 Å². The van der Waals surface area contributed by atoms with Crippen molar-refractivity contribution >= 4 is 41.2 Å². The van der Waals surface area contributed by atoms with Crippen molar-refractivity contribution in [2.45, 2.75) is 89.8 Å². The van der Waals surface area contributed by atoms with E-state index >= 15 is 0 Å². The average molecular weight is 467 g/mol. The highest BCUT2D eigenvalue weighted by Crippen LogP contribution is 2.48. The third kappa shape index (κ3) is 7.49. The van der Waals surface area contributed by atoms with Gasteiger partial charge in [-0.1, -0.05) is 19.8 Å². The number of hydrogen-bond acceptors (Lipinski definition) is 5. The smallest absolute Gasteiger partial charge is 0.410 e. The van der Waals surface area contributed by atoms with E-state index in [4.69, 9.17) is 32.7 Å². The number of nitrogens with zero attached hydrogens (tertiary/aromatic N) is 1. The van der Waals surface area contributed by atoms with E-state index in [2.05, 4.69) is 12.2 Å². The highest BCUT2D eigenvalue weighted by molar-refractivity contribution is 6.40. The number of rotatable bonds is 6. The van der Waals surface area contributed by atoms with E-state index in [9.17, 15) is 14.4 Å². The summed E-state index contributed by atoms with van der Waals surface area (Å²) < 4.78 is 10.5. The van der Waals surface area contributed by atoms with E-state index in [1.807, 2.05) is 20.8 Å². The first-order chi connectivity index (χ1) is 14.0. The van der Waals surface area contributed by atoms with Gasteiger partial charge in [-0.15, -0.1) is 23.2 Å². The lowest BCUT2D eigenvalue weighted by atomic mass is 9.82. The van der Waals surface area contributed by atoms with Gasteiger partial charge in [-0.25, -0.2) is 4.79 Å². The fraction of sp³-hybridized carbons (Fsp3) is 0.857. The largest absolute Gasteiger partial charge is 0.469 e. The molecule has 1 N–H and O–H groups in total. The summed E-state index contributed by atoms with van der Waals surface area (Å²) in [7, 11) is 1.36. The van der Waals surface area contributed by atoms with Crippen molar-refractivity contribution in [1.29, 1.82) is 0 Å². The van der Waals surface area contributed by atoms with E-state index in [-0.39, 0.29) is 29.4 Å². The third-order valence-electron chi connectivity index (χ3n) is 5.53. The quantitative estimate of drug-likeness (QED) is 0.355. The molecule has 2 amide bonds. The number of likely N-dealkylation sites (tertiary alicyclic amines) is 1. The lowest BCUT2D eigenvalue weighted by molar-refractivity contribution is -0.146. The molecule has 3 atom stereocenters. The highest BCUT2D eigenvalue weighted by atomic mass is 35.5. The molecule has 1 aliphatic heterocycles. The summed E-state index contributed by atoms with van der Waals surface area (Å²) in [5, 5.41) is 3.21. The third-order valence-corrected chi connectivity index (χ3v) is 5.53. The van der Waals surface area contributed by atoms with Gasteiger partial charge in [0.1, 0.15) is 5.60 Å². The Labute approximate surface area is 190 Å². The molecule has 174 valence electrons. The normalized spacial score (nSPS) is 25.1. The summed E-state index contributed by atoms with van der Waals surface area (Å²) in [6.07, 6.45) is 4.87. The maximum absolute atomic E-state index is 12.6. The van der Waals surface area contributed by atoms with Gasteiger partial charge in [0.15, 0.2) is 0 Å². The molecule has 2 rings (SSSR count). The fourth-order valence-corrected chi connectivity index (χ4v) is 4.12. The highest BCUT2D eigenvalue weighted by Gasteiger charge is 2.58. The van der Waals surface area contributed by atoms with Crippen LogP contribution in [0.4, 0.5) is 4.79 Å². The molecule has 1 unspecified atom stereocenters. The van der Waals surface area contributed by atoms with Crippen LogP contribution in [0.2, 0.25) is 0 Å². The van der Waals surface area contributed by atoms with E-state index < -0.39 is 17.1 Å². The number of nitrogens with one attached hydrogen (secondary N) is 1. The maximum atomic E-state index is 12.6. The van der Waals surface area contributed by atoms with Gasteiger partial charge in [0.05, 0.1) is 23.9 Å². The number of alkyl halides is 2. The monoisotopic (exact) mass is 466 g/mol. The number of ether oxygens (including phenoxy) is 2. The van der Waals surface area contributed by atoms with Crippen LogP contribution >= 0.6 is 23.2 Å². The van der Waals surface area contributed by atoms with E-state index in [1.54, 1.807) is 4.90 Å². The number of unbranched alkanes of at least 4 members (excludes halogenated alkanes) is 2. The SMILES string of the molecule is CCCCCC(=O)N[C@@H]1CC2(CCN2C(=O)OC(C)(C)C)C[C@@H]1C(=O)OC.ClCCl. The molecule has 1 heterocycles. The maximum Gasteiger partial charge on any atom is 0.410 e. The van der Waals surface area contributed by atoms with Crippen LogP contribution in [-0.2, 0) is 19.1 Å². The van der Waals surface area contributed by atoms with Crippen molar-refractivity contribution in [3.8, 4) is 0 Å². The lowest BCUT2D eigenvalue weighted by Crippen LogP contribution is -2.62. The number of carbonyl (C=O) groups is 3. The minimum atomic E-state index is -0.568. The molecule has 7 nitrogen and oxygen atoms in total. The number of methoxy groups -OCH3 is 1. The standard InChI is InChI=1S/C20H34N2O5.CH2Cl2/c1-6-7-8-9-16(23)21-15-13-20(12-14(15)17(24)26-5)10-11-22(20)18(25)27-19(2,3)4;2-1-3/h14-15H,6-13H2,1-5H3,(H,21,23);1H2/t14-,15+,20?;/m0./s1. The van der Waals surface area contributed by atoms with E-state index in [0.29, 0.717) is 25.8 Å². The van der Waals surface area contributed by atoms with Gasteiger partial charge >= 0.3 is 12.1 Å². The minimum Gasteiger partial charge on any atom is -0.469 e. The molecule has 0 bridgehead atoms. The van der Waals surface area contributed by atoms with Crippen molar-refractivity contribution in [2.75, 3.05) is 19.0 Å². The van der Waals surface area contributed by atoms with Gasteiger partial charge in [0.25, 0.3) is 0 Å². The zero-order chi connectivity index (χ0) is 22.9. The fourth-order valence-electron chi connectivity index (χ4n) is 4.12.